The maximum atomic E-state index is 14.1. The van der Waals surface area contributed by atoms with Crippen LogP contribution in [0, 0.1) is 0 Å². The Bertz CT molecular complexity index is 1000. The third kappa shape index (κ3) is 5.35. The number of nitrogens with zero attached hydrogens (tertiary/aromatic N) is 1. The second-order valence-electron chi connectivity index (χ2n) is 8.97. The lowest BCUT2D eigenvalue weighted by Gasteiger charge is -2.41. The van der Waals surface area contributed by atoms with Crippen molar-refractivity contribution in [1.82, 2.24) is 10.2 Å². The number of carbonyl (C=O) groups excluding carboxylic acids is 2. The number of ether oxygens (including phenoxy) is 1. The van der Waals surface area contributed by atoms with Crippen molar-refractivity contribution in [2.24, 2.45) is 5.73 Å². The first-order valence-electron chi connectivity index (χ1n) is 11.4. The molecular weight excluding hydrogens is 447 g/mol. The van der Waals surface area contributed by atoms with Gasteiger partial charge in [0.05, 0.1) is 5.41 Å². The monoisotopic (exact) mass is 475 g/mol. The highest BCUT2D eigenvalue weighted by Crippen LogP contribution is 2.50. The minimum atomic E-state index is -4.79. The summed E-state index contributed by atoms with van der Waals surface area (Å²) >= 11 is 0. The fourth-order valence-corrected chi connectivity index (χ4v) is 4.78. The van der Waals surface area contributed by atoms with Crippen LogP contribution in [0.25, 0.3) is 0 Å². The third-order valence-electron chi connectivity index (χ3n) is 6.63. The van der Waals surface area contributed by atoms with Crippen LogP contribution in [0.4, 0.5) is 13.2 Å². The fraction of sp³-hybridized carbons (Fsp3) is 0.440. The maximum Gasteiger partial charge on any atom is 0.573 e. The molecule has 9 heteroatoms. The predicted molar refractivity (Wildman–Crippen MR) is 120 cm³/mol. The summed E-state index contributed by atoms with van der Waals surface area (Å²) in [5.74, 6) is -1.12. The second kappa shape index (κ2) is 9.66. The number of piperidine rings is 1. The number of primary amides is 1. The lowest BCUT2D eigenvalue weighted by molar-refractivity contribution is -0.274. The van der Waals surface area contributed by atoms with Crippen LogP contribution in [0.15, 0.2) is 54.6 Å². The molecule has 2 atom stereocenters. The van der Waals surface area contributed by atoms with Crippen LogP contribution in [0.3, 0.4) is 0 Å². The number of halogens is 3. The number of hydrogen-bond acceptors (Lipinski definition) is 4. The Hall–Kier alpha value is -3.07. The highest BCUT2D eigenvalue weighted by atomic mass is 19.4. The zero-order valence-electron chi connectivity index (χ0n) is 18.7. The van der Waals surface area contributed by atoms with Crippen LogP contribution in [0.1, 0.15) is 36.8 Å². The average Bonchev–Trinajstić information content (AvgIpc) is 3.61. The van der Waals surface area contributed by atoms with E-state index >= 15 is 0 Å². The topological polar surface area (TPSA) is 84.7 Å². The summed E-state index contributed by atoms with van der Waals surface area (Å²) in [5.41, 5.74) is 6.47. The molecular formula is C25H28F3N3O3. The Morgan fingerprint density at radius 2 is 1.79 bits per heavy atom. The number of amides is 2. The van der Waals surface area contributed by atoms with E-state index in [2.05, 4.69) is 10.1 Å². The second-order valence-corrected chi connectivity index (χ2v) is 8.97. The number of alkyl halides is 3. The molecule has 2 aliphatic rings. The van der Waals surface area contributed by atoms with E-state index in [1.54, 1.807) is 4.90 Å². The van der Waals surface area contributed by atoms with Gasteiger partial charge in [-0.15, -0.1) is 13.2 Å². The first-order valence-corrected chi connectivity index (χ1v) is 11.4. The average molecular weight is 476 g/mol. The van der Waals surface area contributed by atoms with E-state index in [0.29, 0.717) is 31.4 Å². The molecule has 0 aromatic heterocycles. The van der Waals surface area contributed by atoms with E-state index in [1.807, 2.05) is 30.3 Å². The van der Waals surface area contributed by atoms with Crippen molar-refractivity contribution >= 4 is 11.8 Å². The van der Waals surface area contributed by atoms with Crippen molar-refractivity contribution in [2.45, 2.75) is 56.0 Å². The van der Waals surface area contributed by atoms with Crippen LogP contribution in [-0.2, 0) is 21.4 Å². The normalized spacial score (nSPS) is 20.3. The summed E-state index contributed by atoms with van der Waals surface area (Å²) in [6, 6.07) is 13.8. The lowest BCUT2D eigenvalue weighted by Crippen LogP contribution is -2.59. The molecule has 182 valence electrons. The molecule has 4 rings (SSSR count). The van der Waals surface area contributed by atoms with Crippen LogP contribution in [-0.4, -0.2) is 48.2 Å². The predicted octanol–water partition coefficient (Wildman–Crippen LogP) is 3.29. The molecule has 1 saturated heterocycles. The molecule has 1 aliphatic carbocycles. The van der Waals surface area contributed by atoms with Crippen LogP contribution >= 0.6 is 0 Å². The Balaban J connectivity index is 1.64. The number of benzene rings is 2. The van der Waals surface area contributed by atoms with Gasteiger partial charge in [0.1, 0.15) is 11.8 Å². The Kier molecular flexibility index (Phi) is 6.84. The van der Waals surface area contributed by atoms with Crippen molar-refractivity contribution in [2.75, 3.05) is 13.1 Å². The summed E-state index contributed by atoms with van der Waals surface area (Å²) in [4.78, 5) is 28.3. The Morgan fingerprint density at radius 3 is 2.32 bits per heavy atom. The van der Waals surface area contributed by atoms with Gasteiger partial charge in [-0.25, -0.2) is 0 Å². The highest BCUT2D eigenvalue weighted by molar-refractivity contribution is 5.95. The number of nitrogens with two attached hydrogens (primary N) is 1. The third-order valence-corrected chi connectivity index (χ3v) is 6.63. The van der Waals surface area contributed by atoms with E-state index in [4.69, 9.17) is 5.73 Å². The van der Waals surface area contributed by atoms with E-state index in [-0.39, 0.29) is 17.7 Å². The van der Waals surface area contributed by atoms with Crippen molar-refractivity contribution < 1.29 is 27.5 Å². The first-order chi connectivity index (χ1) is 16.2. The molecule has 0 radical (unpaired) electrons. The zero-order valence-corrected chi connectivity index (χ0v) is 18.7. The van der Waals surface area contributed by atoms with Gasteiger partial charge in [-0.3, -0.25) is 9.59 Å². The molecule has 1 heterocycles. The van der Waals surface area contributed by atoms with E-state index < -0.39 is 23.7 Å². The van der Waals surface area contributed by atoms with E-state index in [1.165, 1.54) is 24.3 Å². The number of hydrogen-bond donors (Lipinski definition) is 2. The molecule has 0 bridgehead atoms. The lowest BCUT2D eigenvalue weighted by atomic mass is 9.90. The van der Waals surface area contributed by atoms with Crippen LogP contribution in [0.2, 0.25) is 0 Å². The standard InChI is InChI=1S/C25H28F3N3O3/c26-25(27,28)34-20-10-8-18(9-11-20)24(12-13-24)23(33)31(19-7-4-14-30-16-19)21(22(29)32)15-17-5-2-1-3-6-17/h1-3,5-6,8-11,19,21,30H,4,7,12-16H2,(H2,29,32)/t19-,21+/m1/s1. The Morgan fingerprint density at radius 1 is 1.12 bits per heavy atom. The van der Waals surface area contributed by atoms with E-state index in [0.717, 1.165) is 24.9 Å². The van der Waals surface area contributed by atoms with Crippen molar-refractivity contribution in [3.05, 3.63) is 65.7 Å². The van der Waals surface area contributed by atoms with Crippen molar-refractivity contribution in [3.8, 4) is 5.75 Å². The van der Waals surface area contributed by atoms with Crippen LogP contribution in [0.5, 0.6) is 5.75 Å². The maximum absolute atomic E-state index is 14.1. The van der Waals surface area contributed by atoms with Gasteiger partial charge in [0.25, 0.3) is 0 Å². The molecule has 34 heavy (non-hydrogen) atoms. The van der Waals surface area contributed by atoms with Gasteiger partial charge < -0.3 is 20.7 Å². The summed E-state index contributed by atoms with van der Waals surface area (Å²) in [7, 11) is 0. The number of carbonyl (C=O) groups is 2. The molecule has 6 nitrogen and oxygen atoms in total. The summed E-state index contributed by atoms with van der Waals surface area (Å²) < 4.78 is 41.6. The molecule has 2 aromatic carbocycles. The Labute approximate surface area is 196 Å². The zero-order chi connectivity index (χ0) is 24.3. The fourth-order valence-electron chi connectivity index (χ4n) is 4.78. The summed E-state index contributed by atoms with van der Waals surface area (Å²) in [6.45, 7) is 1.39. The number of rotatable bonds is 8. The van der Waals surface area contributed by atoms with Gasteiger partial charge in [0.2, 0.25) is 11.8 Å². The van der Waals surface area contributed by atoms with Gasteiger partial charge in [-0.05, 0) is 55.5 Å². The van der Waals surface area contributed by atoms with Gasteiger partial charge in [-0.2, -0.15) is 0 Å². The van der Waals surface area contributed by atoms with Gasteiger partial charge in [-0.1, -0.05) is 42.5 Å². The van der Waals surface area contributed by atoms with Crippen molar-refractivity contribution in [1.29, 1.82) is 0 Å². The van der Waals surface area contributed by atoms with Gasteiger partial charge in [0, 0.05) is 19.0 Å². The minimum Gasteiger partial charge on any atom is -0.406 e. The minimum absolute atomic E-state index is 0.201. The molecule has 2 amide bonds. The molecule has 3 N–H and O–H groups in total. The molecule has 0 spiro atoms. The quantitative estimate of drug-likeness (QED) is 0.614. The molecule has 2 fully saturated rings. The first kappa shape index (κ1) is 24.1. The largest absolute Gasteiger partial charge is 0.573 e. The summed E-state index contributed by atoms with van der Waals surface area (Å²) in [5, 5.41) is 3.30. The molecule has 1 saturated carbocycles. The molecule has 1 aliphatic heterocycles. The van der Waals surface area contributed by atoms with Gasteiger partial charge in [0.15, 0.2) is 0 Å². The SMILES string of the molecule is NC(=O)[C@H](Cc1ccccc1)N(C(=O)C1(c2ccc(OC(F)(F)F)cc2)CC1)[C@@H]1CCCNC1. The van der Waals surface area contributed by atoms with Crippen LogP contribution < -0.4 is 15.8 Å². The molecule has 0 unspecified atom stereocenters. The summed E-state index contributed by atoms with van der Waals surface area (Å²) in [6.07, 6.45) is -1.77. The van der Waals surface area contributed by atoms with E-state index in [9.17, 15) is 22.8 Å². The smallest absolute Gasteiger partial charge is 0.406 e. The molecule has 2 aromatic rings. The van der Waals surface area contributed by atoms with Crippen molar-refractivity contribution in [3.63, 3.8) is 0 Å². The highest BCUT2D eigenvalue weighted by Gasteiger charge is 2.55. The van der Waals surface area contributed by atoms with Gasteiger partial charge >= 0.3 is 6.36 Å². The number of nitrogens with one attached hydrogen (secondary N) is 1.